The van der Waals surface area contributed by atoms with Crippen molar-refractivity contribution in [3.05, 3.63) is 43.0 Å². The third kappa shape index (κ3) is 3.34. The number of ether oxygens (including phenoxy) is 1. The summed E-state index contributed by atoms with van der Waals surface area (Å²) in [4.78, 5) is 3.93. The fourth-order valence-corrected chi connectivity index (χ4v) is 1.42. The van der Waals surface area contributed by atoms with Crippen LogP contribution in [-0.2, 0) is 6.54 Å². The largest absolute Gasteiger partial charge is 0.492 e. The number of rotatable bonds is 5. The van der Waals surface area contributed by atoms with Gasteiger partial charge in [0.25, 0.3) is 0 Å². The molecule has 0 aliphatic heterocycles. The number of imidazole rings is 1. The van der Waals surface area contributed by atoms with E-state index in [4.69, 9.17) is 14.8 Å². The van der Waals surface area contributed by atoms with Crippen molar-refractivity contribution in [2.45, 2.75) is 6.54 Å². The number of aromatic nitrogens is 2. The lowest BCUT2D eigenvalue weighted by Crippen LogP contribution is -2.29. The first-order chi connectivity index (χ1) is 8.25. The van der Waals surface area contributed by atoms with Gasteiger partial charge in [-0.15, -0.1) is 0 Å². The zero-order valence-corrected chi connectivity index (χ0v) is 9.23. The Labute approximate surface area is 99.5 Å². The first-order valence-corrected chi connectivity index (χ1v) is 5.30. The van der Waals surface area contributed by atoms with E-state index in [0.717, 1.165) is 6.54 Å². The molecule has 1 aromatic heterocycles. The van der Waals surface area contributed by atoms with Crippen LogP contribution >= 0.6 is 0 Å². The second kappa shape index (κ2) is 5.52. The maximum Gasteiger partial charge on any atom is 0.488 e. The Balaban J connectivity index is 1.83. The molecule has 2 rings (SSSR count). The Bertz CT molecular complexity index is 442. The molecular formula is C11H13BN2O3. The van der Waals surface area contributed by atoms with Gasteiger partial charge in [-0.2, -0.15) is 0 Å². The van der Waals surface area contributed by atoms with Crippen molar-refractivity contribution in [2.75, 3.05) is 6.61 Å². The molecule has 0 saturated carbocycles. The Morgan fingerprint density at radius 1 is 1.24 bits per heavy atom. The minimum Gasteiger partial charge on any atom is -0.492 e. The number of hydrogen-bond donors (Lipinski definition) is 2. The predicted molar refractivity (Wildman–Crippen MR) is 64.0 cm³/mol. The quantitative estimate of drug-likeness (QED) is 0.691. The molecule has 2 N–H and O–H groups in total. The molecular weight excluding hydrogens is 219 g/mol. The second-order valence-corrected chi connectivity index (χ2v) is 3.59. The predicted octanol–water partition coefficient (Wildman–Crippen LogP) is -0.358. The molecule has 2 aromatic rings. The van der Waals surface area contributed by atoms with Crippen molar-refractivity contribution >= 4 is 12.6 Å². The van der Waals surface area contributed by atoms with Gasteiger partial charge in [0.15, 0.2) is 0 Å². The topological polar surface area (TPSA) is 67.5 Å². The van der Waals surface area contributed by atoms with E-state index in [-0.39, 0.29) is 0 Å². The molecule has 0 saturated heterocycles. The molecule has 0 aliphatic rings. The maximum absolute atomic E-state index is 8.92. The minimum absolute atomic E-state index is 0.451. The highest BCUT2D eigenvalue weighted by Gasteiger charge is 2.09. The summed E-state index contributed by atoms with van der Waals surface area (Å²) in [7, 11) is -1.44. The molecule has 0 aliphatic carbocycles. The van der Waals surface area contributed by atoms with E-state index < -0.39 is 7.12 Å². The van der Waals surface area contributed by atoms with E-state index in [0.29, 0.717) is 17.8 Å². The number of benzene rings is 1. The molecule has 17 heavy (non-hydrogen) atoms. The lowest BCUT2D eigenvalue weighted by molar-refractivity contribution is 0.298. The Morgan fingerprint density at radius 3 is 2.59 bits per heavy atom. The van der Waals surface area contributed by atoms with Crippen LogP contribution in [-0.4, -0.2) is 33.3 Å². The van der Waals surface area contributed by atoms with Gasteiger partial charge in [0.2, 0.25) is 0 Å². The van der Waals surface area contributed by atoms with Crippen LogP contribution in [0.25, 0.3) is 0 Å². The van der Waals surface area contributed by atoms with Crippen LogP contribution in [0, 0.1) is 0 Å². The van der Waals surface area contributed by atoms with Crippen LogP contribution in [0.4, 0.5) is 0 Å². The van der Waals surface area contributed by atoms with Gasteiger partial charge in [0.05, 0.1) is 12.9 Å². The van der Waals surface area contributed by atoms with E-state index in [2.05, 4.69) is 4.98 Å². The van der Waals surface area contributed by atoms with E-state index in [1.807, 2.05) is 10.8 Å². The van der Waals surface area contributed by atoms with Gasteiger partial charge in [-0.05, 0) is 17.6 Å². The molecule has 0 atom stereocenters. The smallest absolute Gasteiger partial charge is 0.488 e. The molecule has 0 amide bonds. The van der Waals surface area contributed by atoms with Crippen molar-refractivity contribution in [3.8, 4) is 5.75 Å². The van der Waals surface area contributed by atoms with Gasteiger partial charge in [-0.1, -0.05) is 12.1 Å². The van der Waals surface area contributed by atoms with Crippen LogP contribution < -0.4 is 10.2 Å². The monoisotopic (exact) mass is 232 g/mol. The summed E-state index contributed by atoms with van der Waals surface area (Å²) in [5.74, 6) is 0.703. The molecule has 0 unspecified atom stereocenters. The average Bonchev–Trinajstić information content (AvgIpc) is 2.83. The first kappa shape index (κ1) is 11.7. The lowest BCUT2D eigenvalue weighted by atomic mass is 9.80. The van der Waals surface area contributed by atoms with Gasteiger partial charge >= 0.3 is 7.12 Å². The molecule has 1 heterocycles. The van der Waals surface area contributed by atoms with Crippen LogP contribution in [0.5, 0.6) is 5.75 Å². The summed E-state index contributed by atoms with van der Waals surface area (Å²) in [6.45, 7) is 1.27. The fraction of sp³-hybridized carbons (Fsp3) is 0.182. The summed E-state index contributed by atoms with van der Waals surface area (Å²) in [6.07, 6.45) is 5.32. The van der Waals surface area contributed by atoms with E-state index in [9.17, 15) is 0 Å². The minimum atomic E-state index is -1.44. The average molecular weight is 232 g/mol. The van der Waals surface area contributed by atoms with Crippen LogP contribution in [0.2, 0.25) is 0 Å². The van der Waals surface area contributed by atoms with E-state index in [1.54, 1.807) is 36.8 Å². The SMILES string of the molecule is OB(O)c1ccc(OCCn2ccnc2)cc1. The van der Waals surface area contributed by atoms with Crippen molar-refractivity contribution < 1.29 is 14.8 Å². The zero-order chi connectivity index (χ0) is 12.1. The summed E-state index contributed by atoms with van der Waals surface area (Å²) in [6, 6.07) is 6.67. The van der Waals surface area contributed by atoms with Gasteiger partial charge in [-0.25, -0.2) is 4.98 Å². The second-order valence-electron chi connectivity index (χ2n) is 3.59. The highest BCUT2D eigenvalue weighted by atomic mass is 16.5. The molecule has 6 heteroatoms. The third-order valence-corrected chi connectivity index (χ3v) is 2.36. The van der Waals surface area contributed by atoms with Crippen molar-refractivity contribution in [1.29, 1.82) is 0 Å². The standard InChI is InChI=1S/C11H13BN2O3/c15-12(16)10-1-3-11(4-2-10)17-8-7-14-6-5-13-9-14/h1-6,9,15-16H,7-8H2. The molecule has 1 aromatic carbocycles. The normalized spacial score (nSPS) is 10.2. The number of nitrogens with zero attached hydrogens (tertiary/aromatic N) is 2. The first-order valence-electron chi connectivity index (χ1n) is 5.30. The van der Waals surface area contributed by atoms with E-state index in [1.165, 1.54) is 0 Å². The van der Waals surface area contributed by atoms with Gasteiger partial charge in [0, 0.05) is 12.4 Å². The van der Waals surface area contributed by atoms with Crippen molar-refractivity contribution in [2.24, 2.45) is 0 Å². The molecule has 0 bridgehead atoms. The van der Waals surface area contributed by atoms with Crippen molar-refractivity contribution in [3.63, 3.8) is 0 Å². The zero-order valence-electron chi connectivity index (χ0n) is 9.23. The fourth-order valence-electron chi connectivity index (χ4n) is 1.42. The summed E-state index contributed by atoms with van der Waals surface area (Å²) in [5.41, 5.74) is 0.451. The molecule has 0 spiro atoms. The highest BCUT2D eigenvalue weighted by Crippen LogP contribution is 2.07. The van der Waals surface area contributed by atoms with Gasteiger partial charge in [0.1, 0.15) is 12.4 Å². The Hall–Kier alpha value is -1.79. The van der Waals surface area contributed by atoms with Gasteiger partial charge < -0.3 is 19.4 Å². The molecule has 88 valence electrons. The Kier molecular flexibility index (Phi) is 3.79. The molecule has 0 radical (unpaired) electrons. The highest BCUT2D eigenvalue weighted by molar-refractivity contribution is 6.58. The van der Waals surface area contributed by atoms with Crippen LogP contribution in [0.15, 0.2) is 43.0 Å². The molecule has 0 fully saturated rings. The lowest BCUT2D eigenvalue weighted by Gasteiger charge is -2.07. The molecule has 5 nitrogen and oxygen atoms in total. The third-order valence-electron chi connectivity index (χ3n) is 2.36. The summed E-state index contributed by atoms with van der Waals surface area (Å²) < 4.78 is 7.42. The van der Waals surface area contributed by atoms with Gasteiger partial charge in [-0.3, -0.25) is 0 Å². The van der Waals surface area contributed by atoms with Crippen molar-refractivity contribution in [1.82, 2.24) is 9.55 Å². The van der Waals surface area contributed by atoms with E-state index >= 15 is 0 Å². The number of hydrogen-bond acceptors (Lipinski definition) is 4. The maximum atomic E-state index is 8.92. The summed E-state index contributed by atoms with van der Waals surface area (Å²) in [5, 5.41) is 17.8. The Morgan fingerprint density at radius 2 is 2.00 bits per heavy atom. The summed E-state index contributed by atoms with van der Waals surface area (Å²) >= 11 is 0. The van der Waals surface area contributed by atoms with Crippen LogP contribution in [0.1, 0.15) is 0 Å². The van der Waals surface area contributed by atoms with Crippen LogP contribution in [0.3, 0.4) is 0 Å².